The van der Waals surface area contributed by atoms with Gasteiger partial charge in [-0.1, -0.05) is 13.8 Å². The van der Waals surface area contributed by atoms with Gasteiger partial charge in [-0.2, -0.15) is 0 Å². The average molecular weight is 223 g/mol. The fourth-order valence-corrected chi connectivity index (χ4v) is 2.10. The normalized spacial score (nSPS) is 18.1. The molecule has 0 bridgehead atoms. The summed E-state index contributed by atoms with van der Waals surface area (Å²) >= 11 is 0. The van der Waals surface area contributed by atoms with Crippen LogP contribution in [0.3, 0.4) is 0 Å². The quantitative estimate of drug-likeness (QED) is 0.836. The van der Waals surface area contributed by atoms with Gasteiger partial charge in [0.05, 0.1) is 11.3 Å². The van der Waals surface area contributed by atoms with Crippen molar-refractivity contribution in [1.82, 2.24) is 0 Å². The summed E-state index contributed by atoms with van der Waals surface area (Å²) in [4.78, 5) is 12.9. The molecular weight excluding hydrogens is 209 g/mol. The zero-order chi connectivity index (χ0) is 11.9. The summed E-state index contributed by atoms with van der Waals surface area (Å²) < 4.78 is 13.1. The van der Waals surface area contributed by atoms with Crippen molar-refractivity contribution in [2.45, 2.75) is 13.8 Å². The molecule has 0 aliphatic carbocycles. The van der Waals surface area contributed by atoms with Gasteiger partial charge in [-0.05, 0) is 23.6 Å². The first-order valence-corrected chi connectivity index (χ1v) is 5.17. The van der Waals surface area contributed by atoms with Gasteiger partial charge in [0.25, 0.3) is 0 Å². The predicted octanol–water partition coefficient (Wildman–Crippen LogP) is 2.37. The minimum atomic E-state index is -1.01. The van der Waals surface area contributed by atoms with Gasteiger partial charge in [0.2, 0.25) is 0 Å². The Morgan fingerprint density at radius 2 is 2.06 bits per heavy atom. The average Bonchev–Trinajstić information content (AvgIpc) is 2.13. The van der Waals surface area contributed by atoms with Crippen molar-refractivity contribution >= 4 is 11.7 Å². The summed E-state index contributed by atoms with van der Waals surface area (Å²) in [6.45, 7) is 5.72. The molecule has 0 radical (unpaired) electrons. The largest absolute Gasteiger partial charge is 0.478 e. The number of aromatic carboxylic acids is 1. The lowest BCUT2D eigenvalue weighted by atomic mass is 9.83. The maximum absolute atomic E-state index is 13.1. The van der Waals surface area contributed by atoms with Crippen LogP contribution in [-0.2, 0) is 0 Å². The second kappa shape index (κ2) is 3.47. The third-order valence-electron chi connectivity index (χ3n) is 2.77. The van der Waals surface area contributed by atoms with Gasteiger partial charge in [-0.15, -0.1) is 0 Å². The molecule has 1 heterocycles. The second-order valence-corrected chi connectivity index (χ2v) is 4.99. The summed E-state index contributed by atoms with van der Waals surface area (Å²) in [5, 5.41) is 9.01. The molecule has 0 aromatic heterocycles. The van der Waals surface area contributed by atoms with Crippen molar-refractivity contribution in [2.24, 2.45) is 5.41 Å². The molecule has 1 saturated heterocycles. The monoisotopic (exact) mass is 223 g/mol. The Kier molecular flexibility index (Phi) is 2.37. The van der Waals surface area contributed by atoms with E-state index in [4.69, 9.17) is 5.11 Å². The smallest absolute Gasteiger partial charge is 0.337 e. The van der Waals surface area contributed by atoms with Crippen LogP contribution in [0.1, 0.15) is 24.2 Å². The number of halogens is 1. The molecule has 1 aliphatic heterocycles. The fraction of sp³-hybridized carbons (Fsp3) is 0.417. The van der Waals surface area contributed by atoms with E-state index < -0.39 is 11.8 Å². The highest BCUT2D eigenvalue weighted by molar-refractivity contribution is 5.94. The lowest BCUT2D eigenvalue weighted by molar-refractivity contribution is 0.0696. The molecule has 1 fully saturated rings. The highest BCUT2D eigenvalue weighted by atomic mass is 19.1. The summed E-state index contributed by atoms with van der Waals surface area (Å²) in [5.41, 5.74) is 0.825. The van der Waals surface area contributed by atoms with E-state index in [1.165, 1.54) is 18.2 Å². The molecule has 0 atom stereocenters. The van der Waals surface area contributed by atoms with Gasteiger partial charge in [-0.25, -0.2) is 9.18 Å². The highest BCUT2D eigenvalue weighted by Gasteiger charge is 2.35. The number of carboxylic acids is 1. The van der Waals surface area contributed by atoms with E-state index in [0.29, 0.717) is 5.69 Å². The van der Waals surface area contributed by atoms with E-state index >= 15 is 0 Å². The van der Waals surface area contributed by atoms with E-state index in [1.807, 2.05) is 4.90 Å². The van der Waals surface area contributed by atoms with Crippen molar-refractivity contribution < 1.29 is 14.3 Å². The summed E-state index contributed by atoms with van der Waals surface area (Å²) in [5.74, 6) is -1.41. The van der Waals surface area contributed by atoms with Crippen LogP contribution in [-0.4, -0.2) is 24.2 Å². The number of carbonyl (C=O) groups is 1. The zero-order valence-corrected chi connectivity index (χ0v) is 9.33. The van der Waals surface area contributed by atoms with Crippen molar-refractivity contribution in [3.05, 3.63) is 29.6 Å². The highest BCUT2D eigenvalue weighted by Crippen LogP contribution is 2.35. The van der Waals surface area contributed by atoms with Gasteiger partial charge in [-0.3, -0.25) is 0 Å². The molecule has 0 spiro atoms. The predicted molar refractivity (Wildman–Crippen MR) is 59.4 cm³/mol. The first-order valence-electron chi connectivity index (χ1n) is 5.17. The number of benzene rings is 1. The van der Waals surface area contributed by atoms with E-state index in [-0.39, 0.29) is 11.0 Å². The van der Waals surface area contributed by atoms with Crippen molar-refractivity contribution in [2.75, 3.05) is 18.0 Å². The summed E-state index contributed by atoms with van der Waals surface area (Å²) in [7, 11) is 0. The third-order valence-corrected chi connectivity index (χ3v) is 2.77. The lowest BCUT2D eigenvalue weighted by Crippen LogP contribution is -2.53. The zero-order valence-electron chi connectivity index (χ0n) is 9.33. The molecule has 2 rings (SSSR count). The molecule has 1 aliphatic rings. The van der Waals surface area contributed by atoms with E-state index in [0.717, 1.165) is 13.1 Å². The SMILES string of the molecule is CC1(C)CN(c2cc(F)ccc2C(=O)O)C1. The van der Waals surface area contributed by atoms with E-state index in [2.05, 4.69) is 13.8 Å². The van der Waals surface area contributed by atoms with Gasteiger partial charge in [0, 0.05) is 13.1 Å². The fourth-order valence-electron chi connectivity index (χ4n) is 2.10. The Labute approximate surface area is 93.5 Å². The molecule has 86 valence electrons. The molecule has 16 heavy (non-hydrogen) atoms. The molecule has 0 saturated carbocycles. The number of anilines is 1. The Hall–Kier alpha value is -1.58. The number of hydrogen-bond donors (Lipinski definition) is 1. The summed E-state index contributed by atoms with van der Waals surface area (Å²) in [6.07, 6.45) is 0. The first kappa shape index (κ1) is 10.9. The molecular formula is C12H14FNO2. The van der Waals surface area contributed by atoms with Crippen LogP contribution in [0.15, 0.2) is 18.2 Å². The second-order valence-electron chi connectivity index (χ2n) is 4.99. The maximum atomic E-state index is 13.1. The minimum absolute atomic E-state index is 0.164. The molecule has 1 aromatic rings. The van der Waals surface area contributed by atoms with Crippen LogP contribution in [0.5, 0.6) is 0 Å². The van der Waals surface area contributed by atoms with Crippen LogP contribution in [0.25, 0.3) is 0 Å². The lowest BCUT2D eigenvalue weighted by Gasteiger charge is -2.47. The van der Waals surface area contributed by atoms with Crippen LogP contribution in [0.4, 0.5) is 10.1 Å². The van der Waals surface area contributed by atoms with Crippen LogP contribution in [0.2, 0.25) is 0 Å². The number of nitrogens with zero attached hydrogens (tertiary/aromatic N) is 1. The van der Waals surface area contributed by atoms with Gasteiger partial charge in [0.15, 0.2) is 0 Å². The summed E-state index contributed by atoms with van der Waals surface area (Å²) in [6, 6.07) is 3.79. The maximum Gasteiger partial charge on any atom is 0.337 e. The third kappa shape index (κ3) is 1.87. The van der Waals surface area contributed by atoms with Gasteiger partial charge in [0.1, 0.15) is 5.82 Å². The van der Waals surface area contributed by atoms with Crippen molar-refractivity contribution in [3.63, 3.8) is 0 Å². The first-order chi connectivity index (χ1) is 7.39. The van der Waals surface area contributed by atoms with Crippen molar-refractivity contribution in [3.8, 4) is 0 Å². The molecule has 4 heteroatoms. The Morgan fingerprint density at radius 1 is 1.44 bits per heavy atom. The number of rotatable bonds is 2. The molecule has 1 aromatic carbocycles. The van der Waals surface area contributed by atoms with E-state index in [1.54, 1.807) is 0 Å². The molecule has 0 amide bonds. The van der Waals surface area contributed by atoms with E-state index in [9.17, 15) is 9.18 Å². The number of carboxylic acid groups (broad SMARTS) is 1. The van der Waals surface area contributed by atoms with Crippen LogP contribution >= 0.6 is 0 Å². The Balaban J connectivity index is 2.33. The van der Waals surface area contributed by atoms with Crippen molar-refractivity contribution in [1.29, 1.82) is 0 Å². The number of hydrogen-bond acceptors (Lipinski definition) is 2. The van der Waals surface area contributed by atoms with Crippen LogP contribution < -0.4 is 4.90 Å². The molecule has 0 unspecified atom stereocenters. The van der Waals surface area contributed by atoms with Gasteiger partial charge < -0.3 is 10.0 Å². The standard InChI is InChI=1S/C12H14FNO2/c1-12(2)6-14(7-12)10-5-8(13)3-4-9(10)11(15)16/h3-5H,6-7H2,1-2H3,(H,15,16). The topological polar surface area (TPSA) is 40.5 Å². The van der Waals surface area contributed by atoms with Gasteiger partial charge >= 0.3 is 5.97 Å². The Bertz CT molecular complexity index is 435. The molecule has 1 N–H and O–H groups in total. The Morgan fingerprint density at radius 3 is 2.56 bits per heavy atom. The minimum Gasteiger partial charge on any atom is -0.478 e. The van der Waals surface area contributed by atoms with Crippen LogP contribution in [0, 0.1) is 11.2 Å². The molecule has 3 nitrogen and oxygen atoms in total.